The van der Waals surface area contributed by atoms with E-state index >= 15 is 0 Å². The molecule has 1 aliphatic heterocycles. The van der Waals surface area contributed by atoms with E-state index in [4.69, 9.17) is 0 Å². The average Bonchev–Trinajstić information content (AvgIpc) is 2.80. The maximum Gasteiger partial charge on any atom is 0.126 e. The number of amidine groups is 1. The third-order valence-electron chi connectivity index (χ3n) is 3.24. The summed E-state index contributed by atoms with van der Waals surface area (Å²) < 4.78 is 0. The van der Waals surface area contributed by atoms with E-state index in [1.54, 1.807) is 0 Å². The highest BCUT2D eigenvalue weighted by Gasteiger charge is 2.09. The Kier molecular flexibility index (Phi) is 5.84. The van der Waals surface area contributed by atoms with Gasteiger partial charge in [0.1, 0.15) is 5.84 Å². The molecule has 2 nitrogen and oxygen atoms in total. The van der Waals surface area contributed by atoms with Crippen LogP contribution in [0.15, 0.2) is 76.7 Å². The molecule has 1 aliphatic rings. The zero-order chi connectivity index (χ0) is 15.8. The summed E-state index contributed by atoms with van der Waals surface area (Å²) in [6, 6.07) is 20.5. The smallest absolute Gasteiger partial charge is 0.126 e. The van der Waals surface area contributed by atoms with Crippen molar-refractivity contribution in [2.75, 3.05) is 0 Å². The van der Waals surface area contributed by atoms with E-state index in [1.807, 2.05) is 57.2 Å². The van der Waals surface area contributed by atoms with Crippen molar-refractivity contribution >= 4 is 17.2 Å². The van der Waals surface area contributed by atoms with E-state index in [2.05, 4.69) is 40.3 Å². The highest BCUT2D eigenvalue weighted by Crippen LogP contribution is 2.20. The van der Waals surface area contributed by atoms with Gasteiger partial charge in [0, 0.05) is 6.42 Å². The molecule has 0 radical (unpaired) electrons. The molecule has 0 atom stereocenters. The normalized spacial score (nSPS) is 13.9. The average molecular weight is 290 g/mol. The van der Waals surface area contributed by atoms with Gasteiger partial charge in [-0.1, -0.05) is 80.6 Å². The van der Waals surface area contributed by atoms with Gasteiger partial charge in [0.25, 0.3) is 0 Å². The van der Waals surface area contributed by atoms with Crippen LogP contribution in [0.25, 0.3) is 5.70 Å². The fourth-order valence-corrected chi connectivity index (χ4v) is 2.28. The molecule has 22 heavy (non-hydrogen) atoms. The number of rotatable bonds is 2. The minimum atomic E-state index is 0.801. The molecule has 0 bridgehead atoms. The highest BCUT2D eigenvalue weighted by molar-refractivity contribution is 6.10. The topological polar surface area (TPSA) is 24.7 Å². The maximum absolute atomic E-state index is 4.64. The fourth-order valence-electron chi connectivity index (χ4n) is 2.28. The molecule has 0 aliphatic carbocycles. The fraction of sp³-hybridized carbons (Fsp3) is 0.200. The van der Waals surface area contributed by atoms with Gasteiger partial charge in [0.15, 0.2) is 0 Å². The van der Waals surface area contributed by atoms with Crippen LogP contribution in [-0.4, -0.2) is 11.5 Å². The van der Waals surface area contributed by atoms with E-state index in [0.717, 1.165) is 34.8 Å². The van der Waals surface area contributed by atoms with Gasteiger partial charge >= 0.3 is 0 Å². The molecule has 2 aromatic carbocycles. The third kappa shape index (κ3) is 4.01. The zero-order valence-corrected chi connectivity index (χ0v) is 13.5. The van der Waals surface area contributed by atoms with Crippen molar-refractivity contribution in [2.45, 2.75) is 27.2 Å². The summed E-state index contributed by atoms with van der Waals surface area (Å²) in [5.74, 6) is 0.802. The van der Waals surface area contributed by atoms with Gasteiger partial charge in [-0.25, -0.2) is 9.98 Å². The first-order chi connectivity index (χ1) is 10.8. The number of nitrogens with zero attached hydrogens (tertiary/aromatic N) is 2. The minimum absolute atomic E-state index is 0.801. The zero-order valence-electron chi connectivity index (χ0n) is 13.5. The molecule has 0 amide bonds. The molecular formula is C20H22N2. The van der Waals surface area contributed by atoms with Gasteiger partial charge in [-0.2, -0.15) is 0 Å². The Labute approximate surface area is 133 Å². The molecule has 112 valence electrons. The molecule has 1 heterocycles. The van der Waals surface area contributed by atoms with Crippen LogP contribution >= 0.6 is 0 Å². The quantitative estimate of drug-likeness (QED) is 0.711. The predicted molar refractivity (Wildman–Crippen MR) is 96.5 cm³/mol. The largest absolute Gasteiger partial charge is 0.237 e. The summed E-state index contributed by atoms with van der Waals surface area (Å²) >= 11 is 0. The van der Waals surface area contributed by atoms with Crippen LogP contribution in [0.4, 0.5) is 0 Å². The highest BCUT2D eigenvalue weighted by atomic mass is 14.9. The van der Waals surface area contributed by atoms with E-state index < -0.39 is 0 Å². The van der Waals surface area contributed by atoms with Gasteiger partial charge in [-0.3, -0.25) is 0 Å². The monoisotopic (exact) mass is 290 g/mol. The van der Waals surface area contributed by atoms with Crippen LogP contribution in [0.5, 0.6) is 0 Å². The molecule has 0 aromatic heterocycles. The Balaban J connectivity index is 0.000000847. The summed E-state index contributed by atoms with van der Waals surface area (Å²) in [4.78, 5) is 9.25. The lowest BCUT2D eigenvalue weighted by atomic mass is 10.1. The Morgan fingerprint density at radius 1 is 0.727 bits per heavy atom. The molecule has 0 N–H and O–H groups in total. The second-order valence-corrected chi connectivity index (χ2v) is 4.74. The Bertz CT molecular complexity index is 680. The van der Waals surface area contributed by atoms with E-state index in [0.29, 0.717) is 0 Å². The lowest BCUT2D eigenvalue weighted by Gasteiger charge is -2.02. The van der Waals surface area contributed by atoms with Gasteiger partial charge in [0.2, 0.25) is 0 Å². The lowest BCUT2D eigenvalue weighted by Crippen LogP contribution is -2.01. The van der Waals surface area contributed by atoms with Crippen molar-refractivity contribution in [3.8, 4) is 0 Å². The second-order valence-electron chi connectivity index (χ2n) is 4.74. The summed E-state index contributed by atoms with van der Waals surface area (Å²) in [6.45, 7) is 5.95. The molecule has 2 heteroatoms. The Morgan fingerprint density at radius 2 is 1.27 bits per heavy atom. The molecular weight excluding hydrogens is 268 g/mol. The van der Waals surface area contributed by atoms with E-state index in [1.165, 1.54) is 0 Å². The Morgan fingerprint density at radius 3 is 1.86 bits per heavy atom. The minimum Gasteiger partial charge on any atom is -0.237 e. The molecule has 0 spiro atoms. The van der Waals surface area contributed by atoms with Crippen LogP contribution in [0.3, 0.4) is 0 Å². The first kappa shape index (κ1) is 15.9. The van der Waals surface area contributed by atoms with Gasteiger partial charge in [-0.15, -0.1) is 0 Å². The number of benzene rings is 2. The number of hydrogen-bond donors (Lipinski definition) is 0. The van der Waals surface area contributed by atoms with Crippen molar-refractivity contribution in [3.05, 3.63) is 77.9 Å². The Hall–Kier alpha value is -2.48. The number of hydrogen-bond acceptors (Lipinski definition) is 2. The standard InChI is InChI=1S/C18H16N2.C2H6/c1-14-19-17(15-8-4-2-5-9-15)12-13-18(20-14)16-10-6-3-7-11-16;1-2/h2-12H,13H2,1H3;1-2H3. The van der Waals surface area contributed by atoms with Crippen molar-refractivity contribution < 1.29 is 0 Å². The van der Waals surface area contributed by atoms with Crippen LogP contribution < -0.4 is 0 Å². The number of aliphatic imine (C=N–C) groups is 2. The molecule has 0 saturated carbocycles. The SMILES string of the molecule is CC.CC1=NC(c2ccccc2)=CCC(c2ccccc2)=N1. The number of allylic oxidation sites excluding steroid dienone is 1. The molecule has 2 aromatic rings. The van der Waals surface area contributed by atoms with Crippen LogP contribution in [0.2, 0.25) is 0 Å². The van der Waals surface area contributed by atoms with Crippen molar-refractivity contribution in [2.24, 2.45) is 9.98 Å². The van der Waals surface area contributed by atoms with Gasteiger partial charge in [-0.05, 0) is 18.1 Å². The third-order valence-corrected chi connectivity index (χ3v) is 3.24. The van der Waals surface area contributed by atoms with Crippen molar-refractivity contribution in [1.29, 1.82) is 0 Å². The first-order valence-electron chi connectivity index (χ1n) is 7.77. The predicted octanol–water partition coefficient (Wildman–Crippen LogP) is 5.37. The van der Waals surface area contributed by atoms with Crippen LogP contribution in [-0.2, 0) is 0 Å². The second kappa shape index (κ2) is 8.08. The van der Waals surface area contributed by atoms with Crippen LogP contribution in [0, 0.1) is 0 Å². The van der Waals surface area contributed by atoms with Crippen molar-refractivity contribution in [3.63, 3.8) is 0 Å². The summed E-state index contributed by atoms with van der Waals surface area (Å²) in [6.07, 6.45) is 2.95. The van der Waals surface area contributed by atoms with Crippen LogP contribution in [0.1, 0.15) is 38.3 Å². The lowest BCUT2D eigenvalue weighted by molar-refractivity contribution is 1.42. The van der Waals surface area contributed by atoms with E-state index in [-0.39, 0.29) is 0 Å². The van der Waals surface area contributed by atoms with Gasteiger partial charge < -0.3 is 0 Å². The summed E-state index contributed by atoms with van der Waals surface area (Å²) in [7, 11) is 0. The molecule has 0 fully saturated rings. The first-order valence-corrected chi connectivity index (χ1v) is 7.77. The maximum atomic E-state index is 4.64. The van der Waals surface area contributed by atoms with Crippen molar-refractivity contribution in [1.82, 2.24) is 0 Å². The van der Waals surface area contributed by atoms with Gasteiger partial charge in [0.05, 0.1) is 11.4 Å². The van der Waals surface area contributed by atoms with E-state index in [9.17, 15) is 0 Å². The summed E-state index contributed by atoms with van der Waals surface area (Å²) in [5, 5.41) is 0. The molecule has 3 rings (SSSR count). The molecule has 0 unspecified atom stereocenters. The summed E-state index contributed by atoms with van der Waals surface area (Å²) in [5.41, 5.74) is 4.36. The molecule has 0 saturated heterocycles.